The number of nitrogens with zero attached hydrogens (tertiary/aromatic N) is 8. The predicted molar refractivity (Wildman–Crippen MR) is 219 cm³/mol. The van der Waals surface area contributed by atoms with Crippen molar-refractivity contribution in [2.45, 2.75) is 72.0 Å². The van der Waals surface area contributed by atoms with Crippen LogP contribution in [0, 0.1) is 23.7 Å². The molecule has 0 radical (unpaired) electrons. The second-order valence-corrected chi connectivity index (χ2v) is 20.2. The van der Waals surface area contributed by atoms with Gasteiger partial charge in [-0.2, -0.15) is 35.0 Å². The predicted octanol–water partition coefficient (Wildman–Crippen LogP) is 3.59. The number of hydrogen-bond donors (Lipinski definition) is 4. The van der Waals surface area contributed by atoms with Gasteiger partial charge in [0.25, 0.3) is 20.0 Å². The smallest absolute Gasteiger partial charge is 0.376 e. The van der Waals surface area contributed by atoms with Gasteiger partial charge in [0.2, 0.25) is 18.9 Å². The summed E-state index contributed by atoms with van der Waals surface area (Å²) in [4.78, 5) is 3.62. The van der Waals surface area contributed by atoms with Crippen LogP contribution in [0.4, 0.5) is 48.0 Å². The first kappa shape index (κ1) is 48.2. The summed E-state index contributed by atoms with van der Waals surface area (Å²) in [5.74, 6) is 11.4. The second kappa shape index (κ2) is 18.1. The van der Waals surface area contributed by atoms with Crippen molar-refractivity contribution >= 4 is 64.4 Å². The fraction of sp³-hybridized carbons (Fsp3) is 0.444. The summed E-state index contributed by atoms with van der Waals surface area (Å²) < 4.78 is 132. The SMILES string of the molecule is CC#C[C@@H]1CN(S(=O)(=O)c2nnc(N)s2)CCN1c1ccc(C(C)(O)C(F)(F)F)cc1.CC#C[C@H]1CN(S(=O)(=O)c2nnc(N)s2)CCN1c1ccc(C(C)(O)C(F)(F)F)cc1. The van der Waals surface area contributed by atoms with Crippen LogP contribution in [0.3, 0.4) is 0 Å². The van der Waals surface area contributed by atoms with Gasteiger partial charge in [-0.1, -0.05) is 58.8 Å². The lowest BCUT2D eigenvalue weighted by atomic mass is 9.95. The van der Waals surface area contributed by atoms with Crippen LogP contribution in [0.25, 0.3) is 0 Å². The molecule has 336 valence electrons. The van der Waals surface area contributed by atoms with E-state index in [4.69, 9.17) is 11.5 Å². The number of rotatable bonds is 8. The third-order valence-electron chi connectivity index (χ3n) is 9.90. The van der Waals surface area contributed by atoms with Crippen molar-refractivity contribution in [1.29, 1.82) is 0 Å². The van der Waals surface area contributed by atoms with Crippen LogP contribution in [-0.2, 0) is 31.2 Å². The molecular formula is C36H40F6N10O6S4. The van der Waals surface area contributed by atoms with Gasteiger partial charge < -0.3 is 31.5 Å². The highest BCUT2D eigenvalue weighted by molar-refractivity contribution is 7.91. The zero-order valence-corrected chi connectivity index (χ0v) is 36.4. The second-order valence-electron chi connectivity index (χ2n) is 14.0. The minimum absolute atomic E-state index is 0.0324. The number of hydrogen-bond acceptors (Lipinski definition) is 16. The molecule has 2 aromatic heterocycles. The number of alkyl halides is 6. The molecule has 0 saturated carbocycles. The van der Waals surface area contributed by atoms with Crippen molar-refractivity contribution in [3.05, 3.63) is 59.7 Å². The molecule has 4 aromatic rings. The first-order valence-corrected chi connectivity index (χ1v) is 22.6. The summed E-state index contributed by atoms with van der Waals surface area (Å²) in [6, 6.07) is 9.55. The van der Waals surface area contributed by atoms with Crippen LogP contribution in [0.2, 0.25) is 0 Å². The Hall–Kier alpha value is -4.80. The Labute approximate surface area is 361 Å². The van der Waals surface area contributed by atoms with E-state index in [1.165, 1.54) is 57.1 Å². The molecule has 0 aliphatic carbocycles. The normalized spacial score (nSPS) is 20.1. The van der Waals surface area contributed by atoms with Gasteiger partial charge in [-0.3, -0.25) is 0 Å². The van der Waals surface area contributed by atoms with Crippen LogP contribution in [-0.4, -0.2) is 120 Å². The number of nitrogen functional groups attached to an aromatic ring is 2. The van der Waals surface area contributed by atoms with E-state index in [2.05, 4.69) is 44.1 Å². The summed E-state index contributed by atoms with van der Waals surface area (Å²) in [7, 11) is -7.79. The largest absolute Gasteiger partial charge is 0.421 e. The van der Waals surface area contributed by atoms with Gasteiger partial charge >= 0.3 is 12.4 Å². The van der Waals surface area contributed by atoms with Gasteiger partial charge in [-0.25, -0.2) is 16.8 Å². The fourth-order valence-electron chi connectivity index (χ4n) is 6.30. The molecule has 2 unspecified atom stereocenters. The van der Waals surface area contributed by atoms with Crippen LogP contribution < -0.4 is 21.3 Å². The average molecular weight is 951 g/mol. The van der Waals surface area contributed by atoms with E-state index >= 15 is 0 Å². The van der Waals surface area contributed by atoms with E-state index in [0.29, 0.717) is 25.2 Å². The highest BCUT2D eigenvalue weighted by Crippen LogP contribution is 2.40. The molecule has 0 amide bonds. The number of sulfonamides is 2. The molecule has 0 spiro atoms. The van der Waals surface area contributed by atoms with Crippen LogP contribution in [0.1, 0.15) is 38.8 Å². The molecule has 6 N–H and O–H groups in total. The molecule has 2 aromatic carbocycles. The third-order valence-corrected chi connectivity index (χ3v) is 15.8. The summed E-state index contributed by atoms with van der Waals surface area (Å²) in [5.41, 5.74) is 5.55. The zero-order chi connectivity index (χ0) is 46.1. The fourth-order valence-corrected chi connectivity index (χ4v) is 11.0. The molecule has 4 atom stereocenters. The average Bonchev–Trinajstić information content (AvgIpc) is 3.86. The summed E-state index contributed by atoms with van der Waals surface area (Å²) >= 11 is 1.53. The number of piperazine rings is 2. The van der Waals surface area contributed by atoms with E-state index in [9.17, 15) is 53.4 Å². The van der Waals surface area contributed by atoms with Gasteiger partial charge in [0.05, 0.1) is 0 Å². The zero-order valence-electron chi connectivity index (χ0n) is 33.2. The number of benzene rings is 2. The molecule has 2 fully saturated rings. The maximum atomic E-state index is 13.1. The van der Waals surface area contributed by atoms with Gasteiger partial charge in [-0.05, 0) is 63.1 Å². The Morgan fingerprint density at radius 3 is 1.19 bits per heavy atom. The number of aliphatic hydroxyl groups is 2. The molecule has 2 aliphatic rings. The Morgan fingerprint density at radius 1 is 0.613 bits per heavy atom. The maximum absolute atomic E-state index is 13.1. The lowest BCUT2D eigenvalue weighted by Crippen LogP contribution is -2.54. The number of halogens is 6. The molecule has 62 heavy (non-hydrogen) atoms. The highest BCUT2D eigenvalue weighted by atomic mass is 32.3. The Bertz CT molecular complexity index is 2390. The molecule has 0 bridgehead atoms. The monoisotopic (exact) mass is 950 g/mol. The summed E-state index contributed by atoms with van der Waals surface area (Å²) in [6.07, 6.45) is -9.64. The van der Waals surface area contributed by atoms with E-state index < -0.39 is 55.7 Å². The maximum Gasteiger partial charge on any atom is 0.421 e. The number of aromatic nitrogens is 4. The van der Waals surface area contributed by atoms with Crippen LogP contribution >= 0.6 is 22.7 Å². The van der Waals surface area contributed by atoms with Crippen molar-refractivity contribution in [2.24, 2.45) is 0 Å². The molecular weight excluding hydrogens is 911 g/mol. The molecule has 4 heterocycles. The van der Waals surface area contributed by atoms with Crippen molar-refractivity contribution in [2.75, 3.05) is 60.5 Å². The molecule has 26 heteroatoms. The van der Waals surface area contributed by atoms with E-state index in [1.807, 2.05) is 9.80 Å². The third kappa shape index (κ3) is 10.0. The Balaban J connectivity index is 0.000000234. The van der Waals surface area contributed by atoms with Gasteiger partial charge in [0.15, 0.2) is 11.2 Å². The molecule has 16 nitrogen and oxygen atoms in total. The highest BCUT2D eigenvalue weighted by Gasteiger charge is 2.52. The lowest BCUT2D eigenvalue weighted by Gasteiger charge is -2.39. The van der Waals surface area contributed by atoms with Gasteiger partial charge in [-0.15, -0.1) is 32.2 Å². The minimum Gasteiger partial charge on any atom is -0.376 e. The molecule has 6 rings (SSSR count). The van der Waals surface area contributed by atoms with Crippen molar-refractivity contribution in [3.8, 4) is 23.7 Å². The minimum atomic E-state index is -4.82. The number of nitrogens with two attached hydrogens (primary N) is 2. The first-order chi connectivity index (χ1) is 28.7. The van der Waals surface area contributed by atoms with Crippen molar-refractivity contribution in [3.63, 3.8) is 0 Å². The molecule has 2 aliphatic heterocycles. The first-order valence-electron chi connectivity index (χ1n) is 18.1. The van der Waals surface area contributed by atoms with E-state index in [1.54, 1.807) is 13.8 Å². The van der Waals surface area contributed by atoms with Crippen molar-refractivity contribution < 1.29 is 53.4 Å². The van der Waals surface area contributed by atoms with Crippen LogP contribution in [0.15, 0.2) is 57.2 Å². The lowest BCUT2D eigenvalue weighted by molar-refractivity contribution is -0.259. The van der Waals surface area contributed by atoms with E-state index in [0.717, 1.165) is 22.7 Å². The number of anilines is 4. The molecule has 2 saturated heterocycles. The van der Waals surface area contributed by atoms with E-state index in [-0.39, 0.29) is 69.3 Å². The quantitative estimate of drug-likeness (QED) is 0.146. The Morgan fingerprint density at radius 2 is 0.935 bits per heavy atom. The topological polar surface area (TPSA) is 225 Å². The summed E-state index contributed by atoms with van der Waals surface area (Å²) in [5, 5.41) is 34.1. The van der Waals surface area contributed by atoms with Crippen molar-refractivity contribution in [1.82, 2.24) is 29.0 Å². The Kier molecular flexibility index (Phi) is 14.1. The standard InChI is InChI=1S/2C18H20F3N5O3S2/c2*1-3-4-14-11-25(31(28,29)16-24-23-15(22)30-16)9-10-26(14)13-7-5-12(6-8-13)17(2,27)18(19,20)21/h2*5-8,14,27H,9-11H2,1-2H3,(H2,22,23)/t2*14-,17?/m10/s1. The van der Waals surface area contributed by atoms with Gasteiger partial charge in [0, 0.05) is 50.6 Å². The van der Waals surface area contributed by atoms with Crippen LogP contribution in [0.5, 0.6) is 0 Å². The summed E-state index contributed by atoms with van der Waals surface area (Å²) in [6.45, 7) is 5.41. The van der Waals surface area contributed by atoms with Gasteiger partial charge in [0.1, 0.15) is 12.1 Å².